The van der Waals surface area contributed by atoms with Crippen molar-refractivity contribution in [2.24, 2.45) is 5.73 Å². The Balaban J connectivity index is 2.06. The summed E-state index contributed by atoms with van der Waals surface area (Å²) in [6.45, 7) is 3.04. The lowest BCUT2D eigenvalue weighted by Gasteiger charge is -2.31. The van der Waals surface area contributed by atoms with Crippen LogP contribution in [0, 0.1) is 0 Å². The monoisotopic (exact) mass is 196 g/mol. The van der Waals surface area contributed by atoms with Crippen LogP contribution in [-0.2, 0) is 4.79 Å². The standard InChI is InChI=1S/C11H20N2O/c1-9-5-4-8-13(9)10(14)11(12)6-2-3-7-11/h9H,2-8,12H2,1H3. The van der Waals surface area contributed by atoms with Gasteiger partial charge in [-0.3, -0.25) is 4.79 Å². The lowest BCUT2D eigenvalue weighted by atomic mass is 9.97. The molecule has 2 rings (SSSR count). The second-order valence-corrected chi connectivity index (χ2v) is 4.85. The van der Waals surface area contributed by atoms with Crippen molar-refractivity contribution in [3.8, 4) is 0 Å². The third kappa shape index (κ3) is 1.54. The van der Waals surface area contributed by atoms with Crippen molar-refractivity contribution in [1.82, 2.24) is 4.90 Å². The highest BCUT2D eigenvalue weighted by molar-refractivity contribution is 5.86. The number of nitrogens with two attached hydrogens (primary N) is 1. The Morgan fingerprint density at radius 3 is 2.50 bits per heavy atom. The molecule has 1 saturated heterocycles. The molecule has 1 amide bonds. The highest BCUT2D eigenvalue weighted by Gasteiger charge is 2.41. The molecule has 0 bridgehead atoms. The first-order valence-electron chi connectivity index (χ1n) is 5.73. The zero-order chi connectivity index (χ0) is 10.2. The maximum atomic E-state index is 12.2. The van der Waals surface area contributed by atoms with Gasteiger partial charge < -0.3 is 10.6 Å². The molecule has 1 aliphatic carbocycles. The van der Waals surface area contributed by atoms with E-state index in [4.69, 9.17) is 5.73 Å². The van der Waals surface area contributed by atoms with Crippen molar-refractivity contribution in [3.05, 3.63) is 0 Å². The predicted molar refractivity (Wildman–Crippen MR) is 55.8 cm³/mol. The molecular formula is C11H20N2O. The molecule has 0 aromatic heterocycles. The Bertz CT molecular complexity index is 233. The highest BCUT2D eigenvalue weighted by Crippen LogP contribution is 2.31. The second-order valence-electron chi connectivity index (χ2n) is 4.85. The van der Waals surface area contributed by atoms with Crippen molar-refractivity contribution in [2.45, 2.75) is 57.0 Å². The van der Waals surface area contributed by atoms with Crippen LogP contribution in [-0.4, -0.2) is 28.9 Å². The van der Waals surface area contributed by atoms with Gasteiger partial charge in [-0.1, -0.05) is 12.8 Å². The van der Waals surface area contributed by atoms with E-state index in [9.17, 15) is 4.79 Å². The first-order chi connectivity index (χ1) is 6.63. The van der Waals surface area contributed by atoms with Gasteiger partial charge in [-0.25, -0.2) is 0 Å². The average Bonchev–Trinajstić information content (AvgIpc) is 2.74. The minimum atomic E-state index is -0.515. The fraction of sp³-hybridized carbons (Fsp3) is 0.909. The van der Waals surface area contributed by atoms with E-state index in [1.165, 1.54) is 0 Å². The summed E-state index contributed by atoms with van der Waals surface area (Å²) in [5.41, 5.74) is 5.64. The molecule has 14 heavy (non-hydrogen) atoms. The minimum Gasteiger partial charge on any atom is -0.338 e. The van der Waals surface area contributed by atoms with Crippen LogP contribution in [0.4, 0.5) is 0 Å². The van der Waals surface area contributed by atoms with Gasteiger partial charge in [-0.05, 0) is 32.6 Å². The highest BCUT2D eigenvalue weighted by atomic mass is 16.2. The van der Waals surface area contributed by atoms with Crippen molar-refractivity contribution in [3.63, 3.8) is 0 Å². The van der Waals surface area contributed by atoms with Crippen LogP contribution in [0.1, 0.15) is 45.4 Å². The molecule has 2 aliphatic rings. The molecule has 0 aromatic rings. The number of likely N-dealkylation sites (tertiary alicyclic amines) is 1. The third-order valence-electron chi connectivity index (χ3n) is 3.74. The molecule has 0 aromatic carbocycles. The average molecular weight is 196 g/mol. The fourth-order valence-electron chi connectivity index (χ4n) is 2.74. The zero-order valence-corrected chi connectivity index (χ0v) is 8.96. The third-order valence-corrected chi connectivity index (χ3v) is 3.74. The molecule has 1 unspecified atom stereocenters. The Kier molecular flexibility index (Phi) is 2.52. The van der Waals surface area contributed by atoms with Crippen LogP contribution in [0.3, 0.4) is 0 Å². The topological polar surface area (TPSA) is 46.3 Å². The molecule has 0 radical (unpaired) electrons. The molecule has 2 fully saturated rings. The molecule has 1 saturated carbocycles. The number of hydrogen-bond donors (Lipinski definition) is 1. The van der Waals surface area contributed by atoms with E-state index in [0.29, 0.717) is 6.04 Å². The molecular weight excluding hydrogens is 176 g/mol. The van der Waals surface area contributed by atoms with Gasteiger partial charge in [0, 0.05) is 12.6 Å². The van der Waals surface area contributed by atoms with Gasteiger partial charge in [0.25, 0.3) is 0 Å². The number of carbonyl (C=O) groups is 1. The number of amides is 1. The predicted octanol–water partition coefficient (Wildman–Crippen LogP) is 1.27. The molecule has 1 atom stereocenters. The van der Waals surface area contributed by atoms with Crippen molar-refractivity contribution in [2.75, 3.05) is 6.54 Å². The molecule has 3 heteroatoms. The van der Waals surface area contributed by atoms with Crippen molar-refractivity contribution >= 4 is 5.91 Å². The summed E-state index contributed by atoms with van der Waals surface area (Å²) in [5.74, 6) is 0.208. The summed E-state index contributed by atoms with van der Waals surface area (Å²) in [6.07, 6.45) is 6.28. The number of hydrogen-bond acceptors (Lipinski definition) is 2. The van der Waals surface area contributed by atoms with Crippen molar-refractivity contribution < 1.29 is 4.79 Å². The fourth-order valence-corrected chi connectivity index (χ4v) is 2.74. The first-order valence-corrected chi connectivity index (χ1v) is 5.73. The molecule has 2 N–H and O–H groups in total. The van der Waals surface area contributed by atoms with Gasteiger partial charge in [0.1, 0.15) is 0 Å². The number of rotatable bonds is 1. The van der Waals surface area contributed by atoms with Gasteiger partial charge >= 0.3 is 0 Å². The first kappa shape index (κ1) is 9.97. The maximum absolute atomic E-state index is 12.2. The largest absolute Gasteiger partial charge is 0.338 e. The Labute approximate surface area is 85.6 Å². The Morgan fingerprint density at radius 2 is 2.00 bits per heavy atom. The van der Waals surface area contributed by atoms with Gasteiger partial charge in [-0.2, -0.15) is 0 Å². The van der Waals surface area contributed by atoms with E-state index in [2.05, 4.69) is 6.92 Å². The van der Waals surface area contributed by atoms with E-state index in [1.807, 2.05) is 4.90 Å². The van der Waals surface area contributed by atoms with Gasteiger partial charge in [0.2, 0.25) is 5.91 Å². The van der Waals surface area contributed by atoms with E-state index >= 15 is 0 Å². The van der Waals surface area contributed by atoms with Crippen LogP contribution >= 0.6 is 0 Å². The van der Waals surface area contributed by atoms with E-state index in [0.717, 1.165) is 45.1 Å². The molecule has 3 nitrogen and oxygen atoms in total. The van der Waals surface area contributed by atoms with Crippen LogP contribution in [0.2, 0.25) is 0 Å². The molecule has 0 spiro atoms. The lowest BCUT2D eigenvalue weighted by Crippen LogP contribution is -2.54. The summed E-state index contributed by atoms with van der Waals surface area (Å²) in [7, 11) is 0. The maximum Gasteiger partial charge on any atom is 0.242 e. The van der Waals surface area contributed by atoms with E-state index in [1.54, 1.807) is 0 Å². The molecule has 1 heterocycles. The zero-order valence-electron chi connectivity index (χ0n) is 8.96. The van der Waals surface area contributed by atoms with Gasteiger partial charge in [-0.15, -0.1) is 0 Å². The molecule has 1 aliphatic heterocycles. The summed E-state index contributed by atoms with van der Waals surface area (Å²) in [6, 6.07) is 0.406. The minimum absolute atomic E-state index is 0.208. The van der Waals surface area contributed by atoms with Crippen LogP contribution in [0.5, 0.6) is 0 Å². The van der Waals surface area contributed by atoms with E-state index in [-0.39, 0.29) is 5.91 Å². The van der Waals surface area contributed by atoms with Crippen LogP contribution < -0.4 is 5.73 Å². The van der Waals surface area contributed by atoms with Gasteiger partial charge in [0.05, 0.1) is 5.54 Å². The lowest BCUT2D eigenvalue weighted by molar-refractivity contribution is -0.137. The van der Waals surface area contributed by atoms with Crippen LogP contribution in [0.25, 0.3) is 0 Å². The summed E-state index contributed by atoms with van der Waals surface area (Å²) in [5, 5.41) is 0. The second kappa shape index (κ2) is 3.54. The summed E-state index contributed by atoms with van der Waals surface area (Å²) < 4.78 is 0. The number of nitrogens with zero attached hydrogens (tertiary/aromatic N) is 1. The van der Waals surface area contributed by atoms with Crippen LogP contribution in [0.15, 0.2) is 0 Å². The molecule has 80 valence electrons. The SMILES string of the molecule is CC1CCCN1C(=O)C1(N)CCCC1. The normalized spacial score (nSPS) is 31.0. The summed E-state index contributed by atoms with van der Waals surface area (Å²) >= 11 is 0. The Morgan fingerprint density at radius 1 is 1.36 bits per heavy atom. The quantitative estimate of drug-likeness (QED) is 0.686. The Hall–Kier alpha value is -0.570. The summed E-state index contributed by atoms with van der Waals surface area (Å²) in [4.78, 5) is 14.2. The smallest absolute Gasteiger partial charge is 0.242 e. The van der Waals surface area contributed by atoms with E-state index < -0.39 is 5.54 Å². The number of carbonyl (C=O) groups excluding carboxylic acids is 1. The van der Waals surface area contributed by atoms with Gasteiger partial charge in [0.15, 0.2) is 0 Å². The van der Waals surface area contributed by atoms with Crippen molar-refractivity contribution in [1.29, 1.82) is 0 Å².